The minimum absolute atomic E-state index is 0.328. The van der Waals surface area contributed by atoms with E-state index in [1.807, 2.05) is 0 Å². The van der Waals surface area contributed by atoms with E-state index in [0.717, 1.165) is 0 Å². The number of nitrogens with one attached hydrogen (secondary N) is 1. The average molecular weight is 213 g/mol. The zero-order valence-electron chi connectivity index (χ0n) is 7.59. The van der Waals surface area contributed by atoms with Crippen LogP contribution in [0, 0.1) is 5.92 Å². The van der Waals surface area contributed by atoms with E-state index >= 15 is 0 Å². The lowest BCUT2D eigenvalue weighted by molar-refractivity contribution is -0.210. The van der Waals surface area contributed by atoms with Crippen molar-refractivity contribution in [3.8, 4) is 0 Å². The molecule has 1 rings (SSSR count). The largest absolute Gasteiger partial charge is 0.414 e. The first-order valence-corrected chi connectivity index (χ1v) is 4.55. The van der Waals surface area contributed by atoms with Crippen LogP contribution in [0.25, 0.3) is 0 Å². The summed E-state index contributed by atoms with van der Waals surface area (Å²) in [7, 11) is 0. The van der Waals surface area contributed by atoms with Gasteiger partial charge in [-0.3, -0.25) is 0 Å². The van der Waals surface area contributed by atoms with Crippen LogP contribution < -0.4 is 5.32 Å². The molecule has 0 aromatic rings. The van der Waals surface area contributed by atoms with Gasteiger partial charge in [0.15, 0.2) is 0 Å². The molecule has 1 aliphatic rings. The van der Waals surface area contributed by atoms with Gasteiger partial charge >= 0.3 is 6.18 Å². The highest BCUT2D eigenvalue weighted by molar-refractivity contribution is 4.81. The molecule has 1 fully saturated rings. The standard InChI is InChI=1S/C8H14F3NO2/c9-8(10,11)7(14)3-5-4-12-2-1-6(5)13/h5-7,12-14H,1-4H2. The van der Waals surface area contributed by atoms with E-state index in [0.29, 0.717) is 19.5 Å². The summed E-state index contributed by atoms with van der Waals surface area (Å²) in [6.45, 7) is 0.939. The van der Waals surface area contributed by atoms with Gasteiger partial charge in [-0.2, -0.15) is 13.2 Å². The van der Waals surface area contributed by atoms with Gasteiger partial charge in [-0.25, -0.2) is 0 Å². The van der Waals surface area contributed by atoms with Crippen LogP contribution in [-0.4, -0.2) is 41.7 Å². The Morgan fingerprint density at radius 1 is 1.43 bits per heavy atom. The van der Waals surface area contributed by atoms with Crippen LogP contribution in [0.4, 0.5) is 13.2 Å². The maximum absolute atomic E-state index is 12.0. The topological polar surface area (TPSA) is 52.5 Å². The predicted octanol–water partition coefficient (Wildman–Crippen LogP) is 0.270. The zero-order valence-corrected chi connectivity index (χ0v) is 7.59. The Kier molecular flexibility index (Phi) is 3.74. The van der Waals surface area contributed by atoms with Gasteiger partial charge in [0.1, 0.15) is 6.10 Å². The molecule has 0 spiro atoms. The van der Waals surface area contributed by atoms with Gasteiger partial charge in [-0.05, 0) is 19.4 Å². The summed E-state index contributed by atoms with van der Waals surface area (Å²) < 4.78 is 35.9. The van der Waals surface area contributed by atoms with E-state index in [4.69, 9.17) is 5.11 Å². The monoisotopic (exact) mass is 213 g/mol. The minimum atomic E-state index is -4.59. The molecule has 3 nitrogen and oxygen atoms in total. The SMILES string of the molecule is OC1CCNCC1CC(O)C(F)(F)F. The van der Waals surface area contributed by atoms with Crippen LogP contribution >= 0.6 is 0 Å². The van der Waals surface area contributed by atoms with Gasteiger partial charge in [0, 0.05) is 12.5 Å². The third-order valence-corrected chi connectivity index (χ3v) is 2.47. The number of alkyl halides is 3. The molecule has 0 aromatic carbocycles. The Labute approximate surface area is 79.9 Å². The molecule has 0 radical (unpaired) electrons. The van der Waals surface area contributed by atoms with Gasteiger partial charge < -0.3 is 15.5 Å². The van der Waals surface area contributed by atoms with Crippen LogP contribution in [0.2, 0.25) is 0 Å². The van der Waals surface area contributed by atoms with Crippen molar-refractivity contribution < 1.29 is 23.4 Å². The first-order valence-electron chi connectivity index (χ1n) is 4.55. The van der Waals surface area contributed by atoms with Crippen LogP contribution in [0.5, 0.6) is 0 Å². The maximum Gasteiger partial charge on any atom is 0.414 e. The second-order valence-corrected chi connectivity index (χ2v) is 3.61. The molecule has 14 heavy (non-hydrogen) atoms. The van der Waals surface area contributed by atoms with E-state index in [1.54, 1.807) is 0 Å². The Morgan fingerprint density at radius 2 is 2.07 bits per heavy atom. The van der Waals surface area contributed by atoms with Crippen molar-refractivity contribution in [1.29, 1.82) is 0 Å². The first-order chi connectivity index (χ1) is 6.41. The Hall–Kier alpha value is -0.330. The molecule has 1 aliphatic heterocycles. The van der Waals surface area contributed by atoms with Crippen LogP contribution in [0.3, 0.4) is 0 Å². The summed E-state index contributed by atoms with van der Waals surface area (Å²) in [5.74, 6) is -0.514. The molecule has 84 valence electrons. The summed E-state index contributed by atoms with van der Waals surface area (Å²) in [5.41, 5.74) is 0. The first kappa shape index (κ1) is 11.7. The molecule has 1 saturated heterocycles. The van der Waals surface area contributed by atoms with Gasteiger partial charge in [0.05, 0.1) is 6.10 Å². The van der Waals surface area contributed by atoms with Crippen molar-refractivity contribution in [3.63, 3.8) is 0 Å². The molecule has 0 amide bonds. The van der Waals surface area contributed by atoms with Crippen molar-refractivity contribution in [2.45, 2.75) is 31.2 Å². The molecule has 3 atom stereocenters. The Bertz CT molecular complexity index is 186. The summed E-state index contributed by atoms with van der Waals surface area (Å²) in [5, 5.41) is 21.0. The molecule has 0 aromatic heterocycles. The highest BCUT2D eigenvalue weighted by Crippen LogP contribution is 2.27. The fraction of sp³-hybridized carbons (Fsp3) is 1.00. The lowest BCUT2D eigenvalue weighted by Crippen LogP contribution is -2.43. The van der Waals surface area contributed by atoms with Crippen LogP contribution in [0.15, 0.2) is 0 Å². The number of piperidine rings is 1. The molecular weight excluding hydrogens is 199 g/mol. The van der Waals surface area contributed by atoms with Gasteiger partial charge in [0.25, 0.3) is 0 Å². The molecule has 6 heteroatoms. The number of halogens is 3. The third kappa shape index (κ3) is 3.11. The smallest absolute Gasteiger partial charge is 0.393 e. The average Bonchev–Trinajstić information content (AvgIpc) is 2.07. The van der Waals surface area contributed by atoms with Crippen LogP contribution in [0.1, 0.15) is 12.8 Å². The van der Waals surface area contributed by atoms with Crippen molar-refractivity contribution >= 4 is 0 Å². The summed E-state index contributed by atoms with van der Waals surface area (Å²) in [4.78, 5) is 0. The number of hydrogen-bond donors (Lipinski definition) is 3. The molecule has 3 N–H and O–H groups in total. The number of aliphatic hydroxyl groups is 2. The quantitative estimate of drug-likeness (QED) is 0.617. The summed E-state index contributed by atoms with van der Waals surface area (Å²) >= 11 is 0. The summed E-state index contributed by atoms with van der Waals surface area (Å²) in [6.07, 6.45) is -7.65. The van der Waals surface area contributed by atoms with Crippen molar-refractivity contribution in [2.75, 3.05) is 13.1 Å². The maximum atomic E-state index is 12.0. The Morgan fingerprint density at radius 3 is 2.57 bits per heavy atom. The fourth-order valence-corrected chi connectivity index (χ4v) is 1.57. The summed E-state index contributed by atoms with van der Waals surface area (Å²) in [6, 6.07) is 0. The third-order valence-electron chi connectivity index (χ3n) is 2.47. The highest BCUT2D eigenvalue weighted by Gasteiger charge is 2.40. The van der Waals surface area contributed by atoms with E-state index in [-0.39, 0.29) is 0 Å². The molecule has 0 saturated carbocycles. The van der Waals surface area contributed by atoms with Crippen molar-refractivity contribution in [3.05, 3.63) is 0 Å². The zero-order chi connectivity index (χ0) is 10.8. The number of aliphatic hydroxyl groups excluding tert-OH is 2. The molecule has 0 bridgehead atoms. The molecule has 0 aliphatic carbocycles. The fourth-order valence-electron chi connectivity index (χ4n) is 1.57. The number of rotatable bonds is 2. The van der Waals surface area contributed by atoms with Gasteiger partial charge in [-0.1, -0.05) is 0 Å². The minimum Gasteiger partial charge on any atom is -0.393 e. The Balaban J connectivity index is 2.42. The predicted molar refractivity (Wildman–Crippen MR) is 43.7 cm³/mol. The second-order valence-electron chi connectivity index (χ2n) is 3.61. The van der Waals surface area contributed by atoms with Gasteiger partial charge in [-0.15, -0.1) is 0 Å². The van der Waals surface area contributed by atoms with E-state index in [1.165, 1.54) is 0 Å². The highest BCUT2D eigenvalue weighted by atomic mass is 19.4. The van der Waals surface area contributed by atoms with E-state index in [2.05, 4.69) is 5.32 Å². The second kappa shape index (κ2) is 4.46. The molecular formula is C8H14F3NO2. The molecule has 3 unspecified atom stereocenters. The van der Waals surface area contributed by atoms with Crippen LogP contribution in [-0.2, 0) is 0 Å². The van der Waals surface area contributed by atoms with E-state index < -0.39 is 30.7 Å². The van der Waals surface area contributed by atoms with Crippen molar-refractivity contribution in [2.24, 2.45) is 5.92 Å². The van der Waals surface area contributed by atoms with Crippen molar-refractivity contribution in [1.82, 2.24) is 5.32 Å². The lowest BCUT2D eigenvalue weighted by atomic mass is 9.90. The van der Waals surface area contributed by atoms with Gasteiger partial charge in [0.2, 0.25) is 0 Å². The normalized spacial score (nSPS) is 31.5. The number of hydrogen-bond acceptors (Lipinski definition) is 3. The van der Waals surface area contributed by atoms with E-state index in [9.17, 15) is 18.3 Å². The molecule has 1 heterocycles. The lowest BCUT2D eigenvalue weighted by Gasteiger charge is -2.30.